The van der Waals surface area contributed by atoms with Crippen LogP contribution in [0.1, 0.15) is 28.4 Å². The van der Waals surface area contributed by atoms with E-state index in [1.165, 1.54) is 16.6 Å². The van der Waals surface area contributed by atoms with Gasteiger partial charge >= 0.3 is 5.69 Å². The monoisotopic (exact) mass is 422 g/mol. The summed E-state index contributed by atoms with van der Waals surface area (Å²) in [5, 5.41) is 0. The number of benzene rings is 2. The number of rotatable bonds is 8. The van der Waals surface area contributed by atoms with Crippen molar-refractivity contribution in [2.24, 2.45) is 0 Å². The summed E-state index contributed by atoms with van der Waals surface area (Å²) < 4.78 is 6.23. The van der Waals surface area contributed by atoms with E-state index in [0.29, 0.717) is 5.56 Å². The summed E-state index contributed by atoms with van der Waals surface area (Å²) in [6, 6.07) is 16.5. The average Bonchev–Trinajstić information content (AvgIpc) is 2.78. The molecule has 3 aromatic rings. The number of ether oxygens (including phenoxy) is 1. The number of methoxy groups -OCH3 is 1. The normalized spacial score (nSPS) is 10.8. The highest BCUT2D eigenvalue weighted by molar-refractivity contribution is 6.07. The summed E-state index contributed by atoms with van der Waals surface area (Å²) in [6.07, 6.45) is 0.847. The SMILES string of the molecule is CCc1ccc(C(=O)N(Cc2ccccc2)c2c(N)n(CCOC)c(=O)[nH]c2=O)cc1. The van der Waals surface area contributed by atoms with E-state index in [1.807, 2.05) is 49.4 Å². The number of nitrogen functional groups attached to an aromatic ring is 1. The summed E-state index contributed by atoms with van der Waals surface area (Å²) in [4.78, 5) is 42.1. The van der Waals surface area contributed by atoms with Crippen LogP contribution in [0, 0.1) is 0 Å². The molecule has 0 atom stereocenters. The Morgan fingerprint density at radius 2 is 1.74 bits per heavy atom. The van der Waals surface area contributed by atoms with Gasteiger partial charge in [0.05, 0.1) is 19.7 Å². The molecule has 3 rings (SSSR count). The first-order valence-electron chi connectivity index (χ1n) is 10.0. The Kier molecular flexibility index (Phi) is 7.04. The highest BCUT2D eigenvalue weighted by Crippen LogP contribution is 2.22. The maximum atomic E-state index is 13.5. The van der Waals surface area contributed by atoms with E-state index < -0.39 is 11.2 Å². The molecule has 162 valence electrons. The van der Waals surface area contributed by atoms with Gasteiger partial charge in [0, 0.05) is 12.7 Å². The molecule has 0 aliphatic heterocycles. The predicted octanol–water partition coefficient (Wildman–Crippen LogP) is 2.17. The fourth-order valence-corrected chi connectivity index (χ4v) is 3.30. The fraction of sp³-hybridized carbons (Fsp3) is 0.261. The number of carbonyl (C=O) groups is 1. The zero-order chi connectivity index (χ0) is 22.4. The smallest absolute Gasteiger partial charge is 0.330 e. The number of aryl methyl sites for hydroxylation is 1. The van der Waals surface area contributed by atoms with Gasteiger partial charge in [-0.2, -0.15) is 0 Å². The molecule has 0 bridgehead atoms. The molecule has 1 aromatic heterocycles. The van der Waals surface area contributed by atoms with Gasteiger partial charge < -0.3 is 10.5 Å². The van der Waals surface area contributed by atoms with Gasteiger partial charge in [0.2, 0.25) is 0 Å². The second-order valence-corrected chi connectivity index (χ2v) is 7.06. The fourth-order valence-electron chi connectivity index (χ4n) is 3.30. The first-order chi connectivity index (χ1) is 15.0. The number of carbonyl (C=O) groups excluding carboxylic acids is 1. The van der Waals surface area contributed by atoms with Crippen LogP contribution in [-0.4, -0.2) is 29.2 Å². The van der Waals surface area contributed by atoms with Crippen LogP contribution in [0.15, 0.2) is 64.2 Å². The molecule has 31 heavy (non-hydrogen) atoms. The number of amides is 1. The van der Waals surface area contributed by atoms with Crippen LogP contribution in [-0.2, 0) is 24.2 Å². The summed E-state index contributed by atoms with van der Waals surface area (Å²) in [5.74, 6) is -0.471. The van der Waals surface area contributed by atoms with E-state index in [0.717, 1.165) is 17.5 Å². The molecule has 0 saturated heterocycles. The van der Waals surface area contributed by atoms with E-state index in [-0.39, 0.29) is 37.1 Å². The number of nitrogens with zero attached hydrogens (tertiary/aromatic N) is 2. The second-order valence-electron chi connectivity index (χ2n) is 7.06. The lowest BCUT2D eigenvalue weighted by Crippen LogP contribution is -2.41. The molecule has 0 saturated carbocycles. The molecule has 3 N–H and O–H groups in total. The zero-order valence-corrected chi connectivity index (χ0v) is 17.6. The second kappa shape index (κ2) is 9.90. The topological polar surface area (TPSA) is 110 Å². The van der Waals surface area contributed by atoms with Crippen molar-refractivity contribution >= 4 is 17.4 Å². The summed E-state index contributed by atoms with van der Waals surface area (Å²) in [7, 11) is 1.50. The summed E-state index contributed by atoms with van der Waals surface area (Å²) >= 11 is 0. The van der Waals surface area contributed by atoms with Crippen molar-refractivity contribution in [3.05, 3.63) is 92.1 Å². The molecule has 0 unspecified atom stereocenters. The molecule has 0 fully saturated rings. The van der Waals surface area contributed by atoms with Crippen molar-refractivity contribution in [3.8, 4) is 0 Å². The van der Waals surface area contributed by atoms with Gasteiger partial charge in [-0.1, -0.05) is 49.4 Å². The van der Waals surface area contributed by atoms with Crippen molar-refractivity contribution in [3.63, 3.8) is 0 Å². The van der Waals surface area contributed by atoms with Gasteiger partial charge in [0.15, 0.2) is 5.69 Å². The molecule has 2 aromatic carbocycles. The third-order valence-electron chi connectivity index (χ3n) is 5.04. The highest BCUT2D eigenvalue weighted by Gasteiger charge is 2.25. The van der Waals surface area contributed by atoms with Gasteiger partial charge in [-0.25, -0.2) is 4.79 Å². The Morgan fingerprint density at radius 1 is 1.06 bits per heavy atom. The zero-order valence-electron chi connectivity index (χ0n) is 17.6. The maximum absolute atomic E-state index is 13.5. The van der Waals surface area contributed by atoms with Crippen LogP contribution < -0.4 is 21.9 Å². The van der Waals surface area contributed by atoms with E-state index in [2.05, 4.69) is 4.98 Å². The van der Waals surface area contributed by atoms with Crippen LogP contribution in [0.25, 0.3) is 0 Å². The Bertz CT molecular complexity index is 1150. The van der Waals surface area contributed by atoms with Crippen molar-refractivity contribution in [1.82, 2.24) is 9.55 Å². The van der Waals surface area contributed by atoms with Crippen molar-refractivity contribution in [1.29, 1.82) is 0 Å². The number of hydrogen-bond donors (Lipinski definition) is 2. The number of anilines is 2. The molecular weight excluding hydrogens is 396 g/mol. The Labute approximate surface area is 179 Å². The minimum Gasteiger partial charge on any atom is -0.383 e. The first kappa shape index (κ1) is 22.0. The summed E-state index contributed by atoms with van der Waals surface area (Å²) in [6.45, 7) is 2.51. The highest BCUT2D eigenvalue weighted by atomic mass is 16.5. The van der Waals surface area contributed by atoms with E-state index in [1.54, 1.807) is 12.1 Å². The molecule has 8 heteroatoms. The Morgan fingerprint density at radius 3 is 2.35 bits per heavy atom. The number of nitrogens with one attached hydrogen (secondary N) is 1. The Hall–Kier alpha value is -3.65. The van der Waals surface area contributed by atoms with Gasteiger partial charge in [0.25, 0.3) is 11.5 Å². The molecule has 0 aliphatic carbocycles. The minimum atomic E-state index is -0.717. The standard InChI is InChI=1S/C23H26N4O4/c1-3-16-9-11-18(12-10-16)22(29)27(15-17-7-5-4-6-8-17)19-20(24)26(13-14-31-2)23(30)25-21(19)28/h4-12H,3,13-15,24H2,1-2H3,(H,25,28,30). The largest absolute Gasteiger partial charge is 0.383 e. The van der Waals surface area contributed by atoms with Crippen LogP contribution in [0.2, 0.25) is 0 Å². The molecule has 0 spiro atoms. The van der Waals surface area contributed by atoms with Crippen molar-refractivity contribution < 1.29 is 9.53 Å². The van der Waals surface area contributed by atoms with E-state index in [9.17, 15) is 14.4 Å². The van der Waals surface area contributed by atoms with Crippen LogP contribution >= 0.6 is 0 Å². The molecule has 1 heterocycles. The van der Waals surface area contributed by atoms with E-state index in [4.69, 9.17) is 10.5 Å². The average molecular weight is 422 g/mol. The molecule has 0 radical (unpaired) electrons. The number of aromatic amines is 1. The first-order valence-corrected chi connectivity index (χ1v) is 10.0. The third-order valence-corrected chi connectivity index (χ3v) is 5.04. The lowest BCUT2D eigenvalue weighted by atomic mass is 10.1. The van der Waals surface area contributed by atoms with Gasteiger partial charge in [-0.3, -0.25) is 24.0 Å². The van der Waals surface area contributed by atoms with Gasteiger partial charge in [0.1, 0.15) is 5.82 Å². The van der Waals surface area contributed by atoms with Gasteiger partial charge in [-0.15, -0.1) is 0 Å². The predicted molar refractivity (Wildman–Crippen MR) is 120 cm³/mol. The lowest BCUT2D eigenvalue weighted by molar-refractivity contribution is 0.0984. The quantitative estimate of drug-likeness (QED) is 0.578. The minimum absolute atomic E-state index is 0.0656. The summed E-state index contributed by atoms with van der Waals surface area (Å²) in [5.41, 5.74) is 7.13. The number of nitrogens with two attached hydrogens (primary N) is 1. The third kappa shape index (κ3) is 4.92. The van der Waals surface area contributed by atoms with Gasteiger partial charge in [-0.05, 0) is 29.7 Å². The molecule has 0 aliphatic rings. The van der Waals surface area contributed by atoms with Crippen molar-refractivity contribution in [2.45, 2.75) is 26.4 Å². The number of aromatic nitrogens is 2. The Balaban J connectivity index is 2.13. The van der Waals surface area contributed by atoms with Crippen LogP contribution in [0.4, 0.5) is 11.5 Å². The van der Waals surface area contributed by atoms with Crippen LogP contribution in [0.3, 0.4) is 0 Å². The molecule has 1 amide bonds. The van der Waals surface area contributed by atoms with E-state index >= 15 is 0 Å². The lowest BCUT2D eigenvalue weighted by Gasteiger charge is -2.25. The van der Waals surface area contributed by atoms with Crippen LogP contribution in [0.5, 0.6) is 0 Å². The molecular formula is C23H26N4O4. The maximum Gasteiger partial charge on any atom is 0.330 e. The molecule has 8 nitrogen and oxygen atoms in total. The number of hydrogen-bond acceptors (Lipinski definition) is 5. The van der Waals surface area contributed by atoms with Crippen molar-refractivity contribution in [2.75, 3.05) is 24.4 Å². The number of H-pyrrole nitrogens is 1.